The third-order valence-corrected chi connectivity index (χ3v) is 5.92. The lowest BCUT2D eigenvalue weighted by Crippen LogP contribution is -2.49. The van der Waals surface area contributed by atoms with Gasteiger partial charge in [0, 0.05) is 56.7 Å². The second-order valence-electron chi connectivity index (χ2n) is 6.73. The van der Waals surface area contributed by atoms with Gasteiger partial charge in [-0.3, -0.25) is 14.3 Å². The van der Waals surface area contributed by atoms with Gasteiger partial charge in [0.05, 0.1) is 11.4 Å². The predicted octanol–water partition coefficient (Wildman–Crippen LogP) is 3.02. The molecule has 0 saturated carbocycles. The van der Waals surface area contributed by atoms with E-state index in [0.717, 1.165) is 42.7 Å². The smallest absolute Gasteiger partial charge is 0.233 e. The number of hydrogen-bond donors (Lipinski definition) is 0. The molecule has 3 aromatic rings. The number of piperazine rings is 1. The molecule has 1 fully saturated rings. The highest BCUT2D eigenvalue weighted by Crippen LogP contribution is 2.23. The number of anilines is 1. The minimum absolute atomic E-state index is 0.165. The maximum Gasteiger partial charge on any atom is 0.233 e. The summed E-state index contributed by atoms with van der Waals surface area (Å²) in [7, 11) is 0. The molecule has 0 atom stereocenters. The van der Waals surface area contributed by atoms with Gasteiger partial charge in [0.1, 0.15) is 0 Å². The highest BCUT2D eigenvalue weighted by atomic mass is 32.2. The van der Waals surface area contributed by atoms with Gasteiger partial charge in [0.15, 0.2) is 5.16 Å². The van der Waals surface area contributed by atoms with E-state index in [1.165, 1.54) is 17.3 Å². The van der Waals surface area contributed by atoms with Gasteiger partial charge in [0.2, 0.25) is 5.91 Å². The van der Waals surface area contributed by atoms with Crippen LogP contribution in [0.5, 0.6) is 0 Å². The van der Waals surface area contributed by atoms with E-state index in [4.69, 9.17) is 0 Å². The summed E-state index contributed by atoms with van der Waals surface area (Å²) in [4.78, 5) is 25.4. The maximum atomic E-state index is 12.7. The van der Waals surface area contributed by atoms with Crippen LogP contribution in [0, 0.1) is 6.92 Å². The number of amides is 1. The molecule has 1 aliphatic rings. The van der Waals surface area contributed by atoms with Crippen LogP contribution in [-0.2, 0) is 4.79 Å². The van der Waals surface area contributed by atoms with Crippen molar-refractivity contribution in [3.8, 4) is 5.69 Å². The standard InChI is InChI=1S/C21H23N5OS/c1-17-4-2-3-5-19(17)26-11-10-23-21(26)28-16-20(27)25-14-12-24(13-15-25)18-6-8-22-9-7-18/h2-11H,12-16H2,1H3. The van der Waals surface area contributed by atoms with E-state index in [2.05, 4.69) is 38.5 Å². The zero-order chi connectivity index (χ0) is 19.3. The summed E-state index contributed by atoms with van der Waals surface area (Å²) in [6.45, 7) is 5.26. The highest BCUT2D eigenvalue weighted by Gasteiger charge is 2.22. The number of carbonyl (C=O) groups is 1. The van der Waals surface area contributed by atoms with E-state index < -0.39 is 0 Å². The number of carbonyl (C=O) groups excluding carboxylic acids is 1. The molecule has 1 amide bonds. The number of benzene rings is 1. The Labute approximate surface area is 169 Å². The minimum Gasteiger partial charge on any atom is -0.368 e. The Morgan fingerprint density at radius 3 is 2.54 bits per heavy atom. The number of nitrogens with zero attached hydrogens (tertiary/aromatic N) is 5. The molecular formula is C21H23N5OS. The number of imidazole rings is 1. The summed E-state index contributed by atoms with van der Waals surface area (Å²) in [6.07, 6.45) is 7.34. The van der Waals surface area contributed by atoms with Gasteiger partial charge < -0.3 is 9.80 Å². The lowest BCUT2D eigenvalue weighted by molar-refractivity contribution is -0.128. The Morgan fingerprint density at radius 1 is 1.04 bits per heavy atom. The Morgan fingerprint density at radius 2 is 1.79 bits per heavy atom. The van der Waals surface area contributed by atoms with E-state index in [-0.39, 0.29) is 5.91 Å². The fourth-order valence-electron chi connectivity index (χ4n) is 3.40. The fourth-order valence-corrected chi connectivity index (χ4v) is 4.27. The monoisotopic (exact) mass is 393 g/mol. The first-order valence-electron chi connectivity index (χ1n) is 9.37. The molecule has 1 aromatic carbocycles. The molecule has 1 aliphatic heterocycles. The van der Waals surface area contributed by atoms with E-state index in [9.17, 15) is 4.79 Å². The summed E-state index contributed by atoms with van der Waals surface area (Å²) >= 11 is 1.49. The molecule has 7 heteroatoms. The molecular weight excluding hydrogens is 370 g/mol. The van der Waals surface area contributed by atoms with Crippen molar-refractivity contribution in [2.24, 2.45) is 0 Å². The molecule has 3 heterocycles. The molecule has 0 radical (unpaired) electrons. The molecule has 2 aromatic heterocycles. The zero-order valence-corrected chi connectivity index (χ0v) is 16.7. The summed E-state index contributed by atoms with van der Waals surface area (Å²) in [5.41, 5.74) is 3.44. The lowest BCUT2D eigenvalue weighted by atomic mass is 10.2. The van der Waals surface area contributed by atoms with Gasteiger partial charge in [-0.2, -0.15) is 0 Å². The lowest BCUT2D eigenvalue weighted by Gasteiger charge is -2.36. The number of para-hydroxylation sites is 1. The van der Waals surface area contributed by atoms with Crippen LogP contribution in [-0.4, -0.2) is 57.3 Å². The summed E-state index contributed by atoms with van der Waals surface area (Å²) in [5.74, 6) is 0.566. The van der Waals surface area contributed by atoms with Crippen molar-refractivity contribution in [3.63, 3.8) is 0 Å². The highest BCUT2D eigenvalue weighted by molar-refractivity contribution is 7.99. The van der Waals surface area contributed by atoms with E-state index in [1.54, 1.807) is 18.6 Å². The van der Waals surface area contributed by atoms with Crippen molar-refractivity contribution in [2.45, 2.75) is 12.1 Å². The van der Waals surface area contributed by atoms with Gasteiger partial charge >= 0.3 is 0 Å². The van der Waals surface area contributed by atoms with Crippen LogP contribution >= 0.6 is 11.8 Å². The Hall–Kier alpha value is -2.80. The normalized spacial score (nSPS) is 14.3. The van der Waals surface area contributed by atoms with Gasteiger partial charge in [-0.15, -0.1) is 0 Å². The molecule has 4 rings (SSSR count). The van der Waals surface area contributed by atoms with Gasteiger partial charge in [0.25, 0.3) is 0 Å². The molecule has 0 N–H and O–H groups in total. The SMILES string of the molecule is Cc1ccccc1-n1ccnc1SCC(=O)N1CCN(c2ccncc2)CC1. The first-order valence-corrected chi connectivity index (χ1v) is 10.4. The van der Waals surface area contributed by atoms with Crippen LogP contribution in [0.2, 0.25) is 0 Å². The number of thioether (sulfide) groups is 1. The predicted molar refractivity (Wildman–Crippen MR) is 112 cm³/mol. The fraction of sp³-hybridized carbons (Fsp3) is 0.286. The third-order valence-electron chi connectivity index (χ3n) is 4.97. The third kappa shape index (κ3) is 4.04. The second-order valence-corrected chi connectivity index (χ2v) is 7.67. The molecule has 1 saturated heterocycles. The average molecular weight is 394 g/mol. The molecule has 6 nitrogen and oxygen atoms in total. The number of aryl methyl sites for hydroxylation is 1. The molecule has 144 valence electrons. The number of pyridine rings is 1. The number of rotatable bonds is 5. The summed E-state index contributed by atoms with van der Waals surface area (Å²) in [6, 6.07) is 12.2. The van der Waals surface area contributed by atoms with Crippen LogP contribution in [0.4, 0.5) is 5.69 Å². The summed E-state index contributed by atoms with van der Waals surface area (Å²) < 4.78 is 2.05. The Bertz CT molecular complexity index is 935. The van der Waals surface area contributed by atoms with E-state index in [0.29, 0.717) is 5.75 Å². The van der Waals surface area contributed by atoms with E-state index >= 15 is 0 Å². The zero-order valence-electron chi connectivity index (χ0n) is 15.9. The van der Waals surface area contributed by atoms with Gasteiger partial charge in [-0.1, -0.05) is 30.0 Å². The Balaban J connectivity index is 1.34. The van der Waals surface area contributed by atoms with Crippen LogP contribution in [0.3, 0.4) is 0 Å². The van der Waals surface area contributed by atoms with Crippen LogP contribution < -0.4 is 4.90 Å². The topological polar surface area (TPSA) is 54.3 Å². The van der Waals surface area contributed by atoms with E-state index in [1.807, 2.05) is 35.4 Å². The van der Waals surface area contributed by atoms with Crippen molar-refractivity contribution in [3.05, 3.63) is 66.7 Å². The van der Waals surface area contributed by atoms with Gasteiger partial charge in [-0.25, -0.2) is 4.98 Å². The first kappa shape index (κ1) is 18.6. The number of hydrogen-bond acceptors (Lipinski definition) is 5. The van der Waals surface area contributed by atoms with Crippen LogP contribution in [0.15, 0.2) is 66.3 Å². The average Bonchev–Trinajstić information content (AvgIpc) is 3.21. The molecule has 0 unspecified atom stereocenters. The summed E-state index contributed by atoms with van der Waals surface area (Å²) in [5, 5.41) is 0.845. The van der Waals surface area contributed by atoms with Gasteiger partial charge in [-0.05, 0) is 30.7 Å². The van der Waals surface area contributed by atoms with Crippen LogP contribution in [0.25, 0.3) is 5.69 Å². The Kier molecular flexibility index (Phi) is 5.62. The molecule has 0 aliphatic carbocycles. The molecule has 28 heavy (non-hydrogen) atoms. The van der Waals surface area contributed by atoms with Crippen molar-refractivity contribution < 1.29 is 4.79 Å². The van der Waals surface area contributed by atoms with Crippen LogP contribution in [0.1, 0.15) is 5.56 Å². The molecule has 0 bridgehead atoms. The largest absolute Gasteiger partial charge is 0.368 e. The van der Waals surface area contributed by atoms with Crippen molar-refractivity contribution in [1.82, 2.24) is 19.4 Å². The molecule has 0 spiro atoms. The number of aromatic nitrogens is 3. The second kappa shape index (κ2) is 8.48. The minimum atomic E-state index is 0.165. The van der Waals surface area contributed by atoms with Crippen molar-refractivity contribution in [1.29, 1.82) is 0 Å². The first-order chi connectivity index (χ1) is 13.7. The van der Waals surface area contributed by atoms with Crippen molar-refractivity contribution >= 4 is 23.4 Å². The van der Waals surface area contributed by atoms with Crippen molar-refractivity contribution in [2.75, 3.05) is 36.8 Å². The maximum absolute atomic E-state index is 12.7. The quantitative estimate of drug-likeness (QED) is 0.624.